The predicted molar refractivity (Wildman–Crippen MR) is 58.6 cm³/mol. The number of rotatable bonds is 4. The Balaban J connectivity index is 3.16. The van der Waals surface area contributed by atoms with Crippen molar-refractivity contribution in [2.75, 3.05) is 14.2 Å². The van der Waals surface area contributed by atoms with Crippen LogP contribution in [-0.4, -0.2) is 25.1 Å². The van der Waals surface area contributed by atoms with Crippen LogP contribution in [0.1, 0.15) is 11.6 Å². The summed E-state index contributed by atoms with van der Waals surface area (Å²) in [5.41, 5.74) is 5.62. The third kappa shape index (κ3) is 2.70. The summed E-state index contributed by atoms with van der Waals surface area (Å²) in [5, 5.41) is 10.8. The number of benzene rings is 1. The molecule has 1 aromatic carbocycles. The van der Waals surface area contributed by atoms with Crippen LogP contribution in [0.5, 0.6) is 5.75 Å². The molecular weight excluding hydrogens is 228 g/mol. The molecule has 1 aromatic rings. The largest absolute Gasteiger partial charge is 0.490 e. The van der Waals surface area contributed by atoms with E-state index in [0.29, 0.717) is 5.56 Å². The van der Waals surface area contributed by atoms with E-state index < -0.39 is 16.9 Å². The first-order valence-electron chi connectivity index (χ1n) is 4.67. The molecule has 0 radical (unpaired) electrons. The lowest BCUT2D eigenvalue weighted by molar-refractivity contribution is -0.385. The third-order valence-corrected chi connectivity index (χ3v) is 2.21. The highest BCUT2D eigenvalue weighted by molar-refractivity contribution is 5.77. The Kier molecular flexibility index (Phi) is 4.00. The van der Waals surface area contributed by atoms with E-state index in [1.807, 2.05) is 0 Å². The van der Waals surface area contributed by atoms with Gasteiger partial charge in [-0.15, -0.1) is 0 Å². The molecule has 7 heteroatoms. The Bertz CT molecular complexity index is 446. The lowest BCUT2D eigenvalue weighted by Crippen LogP contribution is -2.22. The molecule has 0 aromatic heterocycles. The Morgan fingerprint density at radius 3 is 2.59 bits per heavy atom. The Labute approximate surface area is 97.3 Å². The number of nitro benzene ring substituents is 1. The Morgan fingerprint density at radius 2 is 2.12 bits per heavy atom. The molecular formula is C10H12N2O5. The first kappa shape index (κ1) is 12.9. The highest BCUT2D eigenvalue weighted by atomic mass is 16.6. The van der Waals surface area contributed by atoms with Gasteiger partial charge in [-0.3, -0.25) is 14.9 Å². The van der Waals surface area contributed by atoms with Gasteiger partial charge in [0.2, 0.25) is 0 Å². The Morgan fingerprint density at radius 1 is 1.47 bits per heavy atom. The van der Waals surface area contributed by atoms with Gasteiger partial charge in [-0.25, -0.2) is 0 Å². The van der Waals surface area contributed by atoms with Gasteiger partial charge in [0.25, 0.3) is 0 Å². The van der Waals surface area contributed by atoms with Crippen LogP contribution in [-0.2, 0) is 9.53 Å². The van der Waals surface area contributed by atoms with E-state index in [9.17, 15) is 14.9 Å². The summed E-state index contributed by atoms with van der Waals surface area (Å²) in [4.78, 5) is 21.4. The van der Waals surface area contributed by atoms with Gasteiger partial charge in [0, 0.05) is 6.07 Å². The molecule has 0 aliphatic carbocycles. The fraction of sp³-hybridized carbons (Fsp3) is 0.300. The molecule has 0 aliphatic rings. The monoisotopic (exact) mass is 240 g/mol. The number of ether oxygens (including phenoxy) is 2. The topological polar surface area (TPSA) is 105 Å². The highest BCUT2D eigenvalue weighted by Crippen LogP contribution is 2.29. The zero-order valence-electron chi connectivity index (χ0n) is 9.38. The van der Waals surface area contributed by atoms with Crippen molar-refractivity contribution in [3.8, 4) is 5.75 Å². The van der Waals surface area contributed by atoms with Gasteiger partial charge in [-0.05, 0) is 11.6 Å². The van der Waals surface area contributed by atoms with E-state index in [-0.39, 0.29) is 11.4 Å². The standard InChI is InChI=1S/C10H12N2O5/c1-16-8-4-3-6(5-7(8)12(14)15)9(11)10(13)17-2/h3-5,9H,11H2,1-2H3/t9-/m1/s1. The molecule has 0 saturated carbocycles. The molecule has 0 amide bonds. The molecule has 0 unspecified atom stereocenters. The first-order chi connectivity index (χ1) is 8.01. The molecule has 0 bridgehead atoms. The molecule has 92 valence electrons. The van der Waals surface area contributed by atoms with Crippen LogP contribution in [0.15, 0.2) is 18.2 Å². The summed E-state index contributed by atoms with van der Waals surface area (Å²) in [6.45, 7) is 0. The molecule has 1 rings (SSSR count). The van der Waals surface area contributed by atoms with Crippen LogP contribution in [0.3, 0.4) is 0 Å². The summed E-state index contributed by atoms with van der Waals surface area (Å²) in [7, 11) is 2.52. The molecule has 0 spiro atoms. The summed E-state index contributed by atoms with van der Waals surface area (Å²) >= 11 is 0. The summed E-state index contributed by atoms with van der Waals surface area (Å²) in [6, 6.07) is 3.01. The molecule has 1 atom stereocenters. The van der Waals surface area contributed by atoms with E-state index in [1.165, 1.54) is 32.4 Å². The van der Waals surface area contributed by atoms with Crippen LogP contribution >= 0.6 is 0 Å². The van der Waals surface area contributed by atoms with Crippen molar-refractivity contribution in [2.24, 2.45) is 5.73 Å². The quantitative estimate of drug-likeness (QED) is 0.473. The smallest absolute Gasteiger partial charge is 0.327 e. The van der Waals surface area contributed by atoms with Gasteiger partial charge in [0.1, 0.15) is 6.04 Å². The van der Waals surface area contributed by atoms with Crippen LogP contribution in [0, 0.1) is 10.1 Å². The van der Waals surface area contributed by atoms with Gasteiger partial charge in [0.15, 0.2) is 5.75 Å². The van der Waals surface area contributed by atoms with Crippen molar-refractivity contribution in [1.29, 1.82) is 0 Å². The molecule has 0 saturated heterocycles. The van der Waals surface area contributed by atoms with Gasteiger partial charge < -0.3 is 15.2 Å². The predicted octanol–water partition coefficient (Wildman–Crippen LogP) is 0.776. The number of hydrogen-bond donors (Lipinski definition) is 1. The van der Waals surface area contributed by atoms with E-state index in [4.69, 9.17) is 10.5 Å². The number of esters is 1. The highest BCUT2D eigenvalue weighted by Gasteiger charge is 2.21. The van der Waals surface area contributed by atoms with E-state index >= 15 is 0 Å². The molecule has 7 nitrogen and oxygen atoms in total. The fourth-order valence-electron chi connectivity index (χ4n) is 1.31. The van der Waals surface area contributed by atoms with Crippen molar-refractivity contribution in [3.05, 3.63) is 33.9 Å². The van der Waals surface area contributed by atoms with Crippen LogP contribution in [0.2, 0.25) is 0 Å². The van der Waals surface area contributed by atoms with Crippen LogP contribution < -0.4 is 10.5 Å². The zero-order chi connectivity index (χ0) is 13.0. The minimum atomic E-state index is -1.05. The lowest BCUT2D eigenvalue weighted by Gasteiger charge is -2.10. The molecule has 17 heavy (non-hydrogen) atoms. The minimum Gasteiger partial charge on any atom is -0.490 e. The van der Waals surface area contributed by atoms with E-state index in [2.05, 4.69) is 4.74 Å². The van der Waals surface area contributed by atoms with E-state index in [1.54, 1.807) is 0 Å². The average molecular weight is 240 g/mol. The number of carbonyl (C=O) groups excluding carboxylic acids is 1. The van der Waals surface area contributed by atoms with Crippen molar-refractivity contribution < 1.29 is 19.2 Å². The fourth-order valence-corrected chi connectivity index (χ4v) is 1.31. The SMILES string of the molecule is COC(=O)[C@H](N)c1ccc(OC)c([N+](=O)[O-])c1. The van der Waals surface area contributed by atoms with Gasteiger partial charge in [-0.2, -0.15) is 0 Å². The normalized spacial score (nSPS) is 11.7. The molecule has 0 fully saturated rings. The number of nitrogens with two attached hydrogens (primary N) is 1. The number of nitro groups is 1. The van der Waals surface area contributed by atoms with Gasteiger partial charge in [0.05, 0.1) is 19.1 Å². The maximum atomic E-state index is 11.2. The van der Waals surface area contributed by atoms with Crippen molar-refractivity contribution in [2.45, 2.75) is 6.04 Å². The number of carbonyl (C=O) groups is 1. The van der Waals surface area contributed by atoms with Crippen molar-refractivity contribution in [3.63, 3.8) is 0 Å². The van der Waals surface area contributed by atoms with Gasteiger partial charge in [-0.1, -0.05) is 6.07 Å². The zero-order valence-corrected chi connectivity index (χ0v) is 9.38. The second-order valence-electron chi connectivity index (χ2n) is 3.19. The van der Waals surface area contributed by atoms with Crippen molar-refractivity contribution in [1.82, 2.24) is 0 Å². The summed E-state index contributed by atoms with van der Waals surface area (Å²) < 4.78 is 9.29. The number of nitrogens with zero attached hydrogens (tertiary/aromatic N) is 1. The maximum Gasteiger partial charge on any atom is 0.327 e. The average Bonchev–Trinajstić information content (AvgIpc) is 2.35. The third-order valence-electron chi connectivity index (χ3n) is 2.21. The second-order valence-corrected chi connectivity index (χ2v) is 3.19. The maximum absolute atomic E-state index is 11.2. The number of methoxy groups -OCH3 is 2. The first-order valence-corrected chi connectivity index (χ1v) is 4.67. The molecule has 2 N–H and O–H groups in total. The molecule has 0 heterocycles. The Hall–Kier alpha value is -2.15. The van der Waals surface area contributed by atoms with Gasteiger partial charge >= 0.3 is 11.7 Å². The van der Waals surface area contributed by atoms with Crippen LogP contribution in [0.4, 0.5) is 5.69 Å². The summed E-state index contributed by atoms with van der Waals surface area (Å²) in [5.74, 6) is -0.555. The minimum absolute atomic E-state index is 0.107. The lowest BCUT2D eigenvalue weighted by atomic mass is 10.1. The van der Waals surface area contributed by atoms with Crippen LogP contribution in [0.25, 0.3) is 0 Å². The second kappa shape index (κ2) is 5.26. The number of hydrogen-bond acceptors (Lipinski definition) is 6. The van der Waals surface area contributed by atoms with Crippen molar-refractivity contribution >= 4 is 11.7 Å². The summed E-state index contributed by atoms with van der Waals surface area (Å²) in [6.07, 6.45) is 0. The molecule has 0 aliphatic heterocycles. The van der Waals surface area contributed by atoms with E-state index in [0.717, 1.165) is 0 Å².